The molecule has 0 aliphatic heterocycles. The summed E-state index contributed by atoms with van der Waals surface area (Å²) < 4.78 is 0. The van der Waals surface area contributed by atoms with Crippen molar-refractivity contribution in [2.75, 3.05) is 0 Å². The predicted octanol–water partition coefficient (Wildman–Crippen LogP) is 0.757. The number of hydrogen-bond acceptors (Lipinski definition) is 6. The van der Waals surface area contributed by atoms with Crippen LogP contribution in [0.15, 0.2) is 12.5 Å². The number of nitrogens with one attached hydrogen (secondary N) is 5. The quantitative estimate of drug-likeness (QED) is 0.249. The first kappa shape index (κ1) is 29.0. The molecule has 1 fully saturated rings. The minimum absolute atomic E-state index is 0.255. The first-order chi connectivity index (χ1) is 17.1. The smallest absolute Gasteiger partial charge is 0.243 e. The topological polar surface area (TPSA) is 162 Å². The zero-order valence-corrected chi connectivity index (χ0v) is 21.6. The number of aromatic amines is 1. The third kappa shape index (κ3) is 9.43. The second-order valence-electron chi connectivity index (χ2n) is 9.99. The van der Waals surface area contributed by atoms with Gasteiger partial charge in [0.1, 0.15) is 24.4 Å². The summed E-state index contributed by atoms with van der Waals surface area (Å²) >= 11 is 0. The number of aromatic nitrogens is 2. The average molecular weight is 505 g/mol. The second kappa shape index (κ2) is 14.4. The van der Waals surface area contributed by atoms with Crippen LogP contribution in [0.2, 0.25) is 0 Å². The van der Waals surface area contributed by atoms with E-state index in [1.807, 2.05) is 0 Å². The van der Waals surface area contributed by atoms with Crippen LogP contribution in [0, 0.1) is 11.8 Å². The van der Waals surface area contributed by atoms with E-state index in [0.29, 0.717) is 18.4 Å². The van der Waals surface area contributed by atoms with E-state index in [4.69, 9.17) is 0 Å². The molecular weight excluding hydrogens is 464 g/mol. The lowest BCUT2D eigenvalue weighted by Gasteiger charge is -2.30. The van der Waals surface area contributed by atoms with Crippen molar-refractivity contribution < 1.29 is 24.0 Å². The van der Waals surface area contributed by atoms with Gasteiger partial charge in [0.15, 0.2) is 0 Å². The van der Waals surface area contributed by atoms with Gasteiger partial charge in [0.05, 0.1) is 12.4 Å². The maximum Gasteiger partial charge on any atom is 0.243 e. The molecule has 1 saturated carbocycles. The molecule has 1 heterocycles. The lowest BCUT2D eigenvalue weighted by atomic mass is 9.84. The first-order valence-electron chi connectivity index (χ1n) is 12.7. The summed E-state index contributed by atoms with van der Waals surface area (Å²) in [6, 6.07) is -3.34. The zero-order valence-electron chi connectivity index (χ0n) is 21.6. The van der Waals surface area contributed by atoms with Crippen molar-refractivity contribution in [3.8, 4) is 0 Å². The van der Waals surface area contributed by atoms with E-state index >= 15 is 0 Å². The molecule has 4 amide bonds. The highest BCUT2D eigenvalue weighted by Gasteiger charge is 2.32. The first-order valence-corrected chi connectivity index (χ1v) is 12.7. The van der Waals surface area contributed by atoms with Crippen molar-refractivity contribution in [2.45, 2.75) is 96.8 Å². The Kier molecular flexibility index (Phi) is 11.6. The SMILES string of the molecule is CC(=O)N[C@@H](C)C(=O)N[C@H](C(=O)N[C@@H](CC1CCCCC1)C(=O)N[C@H](C=O)Cc1cnc[nH]1)C(C)C. The van der Waals surface area contributed by atoms with Crippen LogP contribution >= 0.6 is 0 Å². The molecule has 0 bridgehead atoms. The van der Waals surface area contributed by atoms with Crippen molar-refractivity contribution >= 4 is 29.9 Å². The minimum atomic E-state index is -0.901. The Morgan fingerprint density at radius 3 is 2.25 bits per heavy atom. The Labute approximate surface area is 212 Å². The fourth-order valence-electron chi connectivity index (χ4n) is 4.48. The number of aldehydes is 1. The molecular formula is C25H40N6O5. The Balaban J connectivity index is 2.12. The molecule has 36 heavy (non-hydrogen) atoms. The number of hydrogen-bond donors (Lipinski definition) is 5. The van der Waals surface area contributed by atoms with Crippen LogP contribution in [0.1, 0.15) is 71.9 Å². The van der Waals surface area contributed by atoms with Crippen LogP contribution in [-0.2, 0) is 30.4 Å². The van der Waals surface area contributed by atoms with Crippen molar-refractivity contribution in [2.24, 2.45) is 11.8 Å². The number of nitrogens with zero attached hydrogens (tertiary/aromatic N) is 1. The normalized spacial score (nSPS) is 17.4. The summed E-state index contributed by atoms with van der Waals surface area (Å²) in [5.41, 5.74) is 0.705. The highest BCUT2D eigenvalue weighted by molar-refractivity contribution is 5.94. The van der Waals surface area contributed by atoms with Gasteiger partial charge in [-0.1, -0.05) is 46.0 Å². The van der Waals surface area contributed by atoms with E-state index in [9.17, 15) is 24.0 Å². The second-order valence-corrected chi connectivity index (χ2v) is 9.99. The van der Waals surface area contributed by atoms with Gasteiger partial charge in [-0.2, -0.15) is 0 Å². The van der Waals surface area contributed by atoms with Crippen LogP contribution in [0.3, 0.4) is 0 Å². The summed E-state index contributed by atoms with van der Waals surface area (Å²) in [5.74, 6) is -1.75. The molecule has 1 aliphatic rings. The molecule has 0 radical (unpaired) electrons. The molecule has 0 saturated heterocycles. The molecule has 1 aromatic rings. The van der Waals surface area contributed by atoms with Gasteiger partial charge in [0.25, 0.3) is 0 Å². The minimum Gasteiger partial charge on any atom is -0.348 e. The number of rotatable bonds is 13. The van der Waals surface area contributed by atoms with Crippen molar-refractivity contribution in [3.05, 3.63) is 18.2 Å². The molecule has 0 spiro atoms. The van der Waals surface area contributed by atoms with Crippen LogP contribution in [0.5, 0.6) is 0 Å². The Morgan fingerprint density at radius 2 is 1.69 bits per heavy atom. The van der Waals surface area contributed by atoms with Gasteiger partial charge in [0.2, 0.25) is 23.6 Å². The van der Waals surface area contributed by atoms with Gasteiger partial charge in [-0.05, 0) is 25.2 Å². The lowest BCUT2D eigenvalue weighted by Crippen LogP contribution is -2.58. The van der Waals surface area contributed by atoms with Crippen LogP contribution in [0.25, 0.3) is 0 Å². The Morgan fingerprint density at radius 1 is 1.00 bits per heavy atom. The van der Waals surface area contributed by atoms with E-state index in [1.165, 1.54) is 20.2 Å². The van der Waals surface area contributed by atoms with E-state index < -0.39 is 41.9 Å². The summed E-state index contributed by atoms with van der Waals surface area (Å²) in [5, 5.41) is 10.8. The van der Waals surface area contributed by atoms with Crippen molar-refractivity contribution in [3.63, 3.8) is 0 Å². The summed E-state index contributed by atoms with van der Waals surface area (Å²) in [4.78, 5) is 68.8. The van der Waals surface area contributed by atoms with E-state index in [2.05, 4.69) is 31.2 Å². The van der Waals surface area contributed by atoms with E-state index in [-0.39, 0.29) is 24.2 Å². The van der Waals surface area contributed by atoms with Gasteiger partial charge >= 0.3 is 0 Å². The van der Waals surface area contributed by atoms with E-state index in [0.717, 1.165) is 32.1 Å². The summed E-state index contributed by atoms with van der Waals surface area (Å²) in [6.45, 7) is 6.42. The molecule has 2 rings (SSSR count). The number of amides is 4. The Hall–Kier alpha value is -3.24. The summed E-state index contributed by atoms with van der Waals surface area (Å²) in [6.07, 6.45) is 9.72. The third-order valence-electron chi connectivity index (χ3n) is 6.47. The molecule has 200 valence electrons. The number of carbonyl (C=O) groups is 5. The third-order valence-corrected chi connectivity index (χ3v) is 6.47. The maximum absolute atomic E-state index is 13.3. The Bertz CT molecular complexity index is 882. The standard InChI is InChI=1S/C25H40N6O5/c1-15(2)22(31-23(34)16(3)28-17(4)33)25(36)30-21(10-18-8-6-5-7-9-18)24(35)29-20(13-32)11-19-12-26-14-27-19/h12-16,18,20-22H,5-11H2,1-4H3,(H,26,27)(H,28,33)(H,29,35)(H,30,36)(H,31,34)/t16-,20-,21-,22-/m0/s1. The van der Waals surface area contributed by atoms with Crippen LogP contribution < -0.4 is 21.3 Å². The molecule has 1 aromatic heterocycles. The predicted molar refractivity (Wildman–Crippen MR) is 133 cm³/mol. The number of H-pyrrole nitrogens is 1. The van der Waals surface area contributed by atoms with Crippen molar-refractivity contribution in [1.82, 2.24) is 31.2 Å². The highest BCUT2D eigenvalue weighted by atomic mass is 16.2. The van der Waals surface area contributed by atoms with Crippen LogP contribution in [0.4, 0.5) is 0 Å². The monoisotopic (exact) mass is 504 g/mol. The fraction of sp³-hybridized carbons (Fsp3) is 0.680. The summed E-state index contributed by atoms with van der Waals surface area (Å²) in [7, 11) is 0. The van der Waals surface area contributed by atoms with Gasteiger partial charge in [-0.25, -0.2) is 4.98 Å². The molecule has 11 heteroatoms. The maximum atomic E-state index is 13.3. The molecule has 1 aliphatic carbocycles. The number of carbonyl (C=O) groups excluding carboxylic acids is 5. The molecule has 5 N–H and O–H groups in total. The molecule has 0 unspecified atom stereocenters. The highest BCUT2D eigenvalue weighted by Crippen LogP contribution is 2.27. The molecule has 4 atom stereocenters. The lowest BCUT2D eigenvalue weighted by molar-refractivity contribution is -0.134. The van der Waals surface area contributed by atoms with Gasteiger partial charge < -0.3 is 31.0 Å². The van der Waals surface area contributed by atoms with Crippen LogP contribution in [-0.4, -0.2) is 64.1 Å². The van der Waals surface area contributed by atoms with Crippen molar-refractivity contribution in [1.29, 1.82) is 0 Å². The number of imidazole rings is 1. The van der Waals surface area contributed by atoms with Gasteiger partial charge in [-0.15, -0.1) is 0 Å². The fourth-order valence-corrected chi connectivity index (χ4v) is 4.48. The zero-order chi connectivity index (χ0) is 26.7. The van der Waals surface area contributed by atoms with E-state index in [1.54, 1.807) is 20.0 Å². The molecule has 0 aromatic carbocycles. The van der Waals surface area contributed by atoms with Gasteiger partial charge in [-0.3, -0.25) is 19.2 Å². The largest absolute Gasteiger partial charge is 0.348 e. The average Bonchev–Trinajstić information content (AvgIpc) is 3.34. The van der Waals surface area contributed by atoms with Gasteiger partial charge in [0, 0.05) is 25.2 Å². The molecule has 11 nitrogen and oxygen atoms in total.